The molecule has 0 fully saturated rings. The molecule has 0 saturated carbocycles. The largest absolute Gasteiger partial charge is 0.488 e. The standard InChI is InChI=1S/C13H12ClN3O/c14-12-6-13(17-8-16-12)15-7-10-5-9-3-1-2-4-11(9)18-10/h1-4,6,8,10H,5,7H2,(H,15,16,17). The van der Waals surface area contributed by atoms with Crippen molar-refractivity contribution >= 4 is 17.4 Å². The molecule has 5 heteroatoms. The number of halogens is 1. The smallest absolute Gasteiger partial charge is 0.134 e. The zero-order chi connectivity index (χ0) is 12.4. The van der Waals surface area contributed by atoms with E-state index in [0.717, 1.165) is 18.0 Å². The van der Waals surface area contributed by atoms with Crippen molar-refractivity contribution in [3.63, 3.8) is 0 Å². The topological polar surface area (TPSA) is 47.0 Å². The minimum Gasteiger partial charge on any atom is -0.488 e. The van der Waals surface area contributed by atoms with Gasteiger partial charge in [-0.15, -0.1) is 0 Å². The zero-order valence-electron chi connectivity index (χ0n) is 9.64. The molecule has 0 bridgehead atoms. The maximum absolute atomic E-state index is 5.82. The van der Waals surface area contributed by atoms with Gasteiger partial charge in [0.15, 0.2) is 0 Å². The molecule has 2 aromatic rings. The number of para-hydroxylation sites is 1. The van der Waals surface area contributed by atoms with Crippen molar-refractivity contribution in [2.45, 2.75) is 12.5 Å². The molecule has 1 N–H and O–H groups in total. The summed E-state index contributed by atoms with van der Waals surface area (Å²) < 4.78 is 5.82. The van der Waals surface area contributed by atoms with Gasteiger partial charge in [0, 0.05) is 12.5 Å². The summed E-state index contributed by atoms with van der Waals surface area (Å²) >= 11 is 5.79. The van der Waals surface area contributed by atoms with Crippen molar-refractivity contribution in [3.8, 4) is 5.75 Å². The molecule has 4 nitrogen and oxygen atoms in total. The maximum atomic E-state index is 5.82. The summed E-state index contributed by atoms with van der Waals surface area (Å²) in [6.07, 6.45) is 2.49. The summed E-state index contributed by atoms with van der Waals surface area (Å²) in [4.78, 5) is 7.92. The van der Waals surface area contributed by atoms with Crippen molar-refractivity contribution in [2.24, 2.45) is 0 Å². The van der Waals surface area contributed by atoms with E-state index in [9.17, 15) is 0 Å². The molecule has 1 aromatic heterocycles. The molecule has 18 heavy (non-hydrogen) atoms. The third-order valence-corrected chi connectivity index (χ3v) is 3.07. The van der Waals surface area contributed by atoms with Crippen LogP contribution in [0.25, 0.3) is 0 Å². The molecule has 1 atom stereocenters. The van der Waals surface area contributed by atoms with Gasteiger partial charge in [0.1, 0.15) is 29.2 Å². The predicted octanol–water partition coefficient (Wildman–Crippen LogP) is 2.55. The summed E-state index contributed by atoms with van der Waals surface area (Å²) in [6, 6.07) is 9.80. The first-order chi connectivity index (χ1) is 8.81. The van der Waals surface area contributed by atoms with E-state index in [2.05, 4.69) is 21.4 Å². The van der Waals surface area contributed by atoms with Gasteiger partial charge in [-0.1, -0.05) is 29.8 Å². The van der Waals surface area contributed by atoms with Gasteiger partial charge in [-0.25, -0.2) is 9.97 Å². The van der Waals surface area contributed by atoms with Gasteiger partial charge in [-0.2, -0.15) is 0 Å². The van der Waals surface area contributed by atoms with Gasteiger partial charge in [-0.3, -0.25) is 0 Å². The Labute approximate surface area is 110 Å². The number of hydrogen-bond donors (Lipinski definition) is 1. The summed E-state index contributed by atoms with van der Waals surface area (Å²) in [5, 5.41) is 3.64. The first-order valence-electron chi connectivity index (χ1n) is 5.77. The van der Waals surface area contributed by atoms with Crippen LogP contribution in [0.5, 0.6) is 5.75 Å². The van der Waals surface area contributed by atoms with Gasteiger partial charge >= 0.3 is 0 Å². The molecule has 1 aliphatic heterocycles. The van der Waals surface area contributed by atoms with E-state index < -0.39 is 0 Å². The van der Waals surface area contributed by atoms with Crippen LogP contribution in [-0.4, -0.2) is 22.6 Å². The Morgan fingerprint density at radius 1 is 1.33 bits per heavy atom. The molecule has 2 heterocycles. The zero-order valence-corrected chi connectivity index (χ0v) is 10.4. The van der Waals surface area contributed by atoms with Crippen LogP contribution in [0.3, 0.4) is 0 Å². The maximum Gasteiger partial charge on any atom is 0.134 e. The summed E-state index contributed by atoms with van der Waals surface area (Å²) in [7, 11) is 0. The van der Waals surface area contributed by atoms with E-state index in [4.69, 9.17) is 16.3 Å². The number of fused-ring (bicyclic) bond motifs is 1. The van der Waals surface area contributed by atoms with Crippen molar-refractivity contribution < 1.29 is 4.74 Å². The highest BCUT2D eigenvalue weighted by atomic mass is 35.5. The van der Waals surface area contributed by atoms with Gasteiger partial charge in [0.05, 0.1) is 6.54 Å². The Kier molecular flexibility index (Phi) is 3.02. The van der Waals surface area contributed by atoms with Crippen LogP contribution in [0.15, 0.2) is 36.7 Å². The number of ether oxygens (including phenoxy) is 1. The van der Waals surface area contributed by atoms with Crippen LogP contribution in [0.4, 0.5) is 5.82 Å². The average Bonchev–Trinajstić information content (AvgIpc) is 2.79. The Morgan fingerprint density at radius 2 is 2.22 bits per heavy atom. The van der Waals surface area contributed by atoms with Gasteiger partial charge in [0.25, 0.3) is 0 Å². The first kappa shape index (κ1) is 11.3. The van der Waals surface area contributed by atoms with Crippen LogP contribution in [-0.2, 0) is 6.42 Å². The second-order valence-corrected chi connectivity index (χ2v) is 4.55. The van der Waals surface area contributed by atoms with Gasteiger partial charge in [-0.05, 0) is 11.6 Å². The molecule has 0 spiro atoms. The number of nitrogens with zero attached hydrogens (tertiary/aromatic N) is 2. The fourth-order valence-electron chi connectivity index (χ4n) is 2.02. The highest BCUT2D eigenvalue weighted by Crippen LogP contribution is 2.28. The highest BCUT2D eigenvalue weighted by Gasteiger charge is 2.21. The third kappa shape index (κ3) is 2.38. The molecule has 0 radical (unpaired) electrons. The van der Waals surface area contributed by atoms with Crippen LogP contribution in [0.1, 0.15) is 5.56 Å². The minimum absolute atomic E-state index is 0.135. The summed E-state index contributed by atoms with van der Waals surface area (Å²) in [5.74, 6) is 1.69. The average molecular weight is 262 g/mol. The van der Waals surface area contributed by atoms with E-state index >= 15 is 0 Å². The molecule has 0 aliphatic carbocycles. The first-order valence-corrected chi connectivity index (χ1v) is 6.15. The Bertz CT molecular complexity index is 536. The lowest BCUT2D eigenvalue weighted by atomic mass is 10.1. The number of hydrogen-bond acceptors (Lipinski definition) is 4. The number of anilines is 1. The minimum atomic E-state index is 0.135. The number of nitrogens with one attached hydrogen (secondary N) is 1. The van der Waals surface area contributed by atoms with Crippen molar-refractivity contribution in [1.29, 1.82) is 0 Å². The molecule has 0 saturated heterocycles. The number of aromatic nitrogens is 2. The Hall–Kier alpha value is -1.81. The Morgan fingerprint density at radius 3 is 3.06 bits per heavy atom. The molecular weight excluding hydrogens is 250 g/mol. The van der Waals surface area contributed by atoms with Crippen LogP contribution in [0.2, 0.25) is 5.15 Å². The molecule has 1 unspecified atom stereocenters. The number of rotatable bonds is 3. The highest BCUT2D eigenvalue weighted by molar-refractivity contribution is 6.29. The summed E-state index contributed by atoms with van der Waals surface area (Å²) in [5.41, 5.74) is 1.25. The Balaban J connectivity index is 1.60. The van der Waals surface area contributed by atoms with Crippen molar-refractivity contribution in [3.05, 3.63) is 47.4 Å². The lowest BCUT2D eigenvalue weighted by molar-refractivity contribution is 0.246. The van der Waals surface area contributed by atoms with Crippen molar-refractivity contribution in [2.75, 3.05) is 11.9 Å². The van der Waals surface area contributed by atoms with Gasteiger partial charge < -0.3 is 10.1 Å². The third-order valence-electron chi connectivity index (χ3n) is 2.86. The normalized spacial score (nSPS) is 17.1. The van der Waals surface area contributed by atoms with E-state index in [1.165, 1.54) is 11.9 Å². The second kappa shape index (κ2) is 4.82. The molecule has 1 aliphatic rings. The molecule has 92 valence electrons. The second-order valence-electron chi connectivity index (χ2n) is 4.16. The molecule has 0 amide bonds. The summed E-state index contributed by atoms with van der Waals surface area (Å²) in [6.45, 7) is 0.696. The monoisotopic (exact) mass is 261 g/mol. The van der Waals surface area contributed by atoms with E-state index in [0.29, 0.717) is 11.7 Å². The lowest BCUT2D eigenvalue weighted by Crippen LogP contribution is -2.24. The van der Waals surface area contributed by atoms with Crippen LogP contribution in [0, 0.1) is 0 Å². The van der Waals surface area contributed by atoms with E-state index in [-0.39, 0.29) is 6.10 Å². The van der Waals surface area contributed by atoms with Gasteiger partial charge in [0.2, 0.25) is 0 Å². The molecule has 1 aromatic carbocycles. The van der Waals surface area contributed by atoms with E-state index in [1.54, 1.807) is 6.07 Å². The van der Waals surface area contributed by atoms with Crippen molar-refractivity contribution in [1.82, 2.24) is 9.97 Å². The van der Waals surface area contributed by atoms with Crippen LogP contribution < -0.4 is 10.1 Å². The fourth-order valence-corrected chi connectivity index (χ4v) is 2.16. The molecular formula is C13H12ClN3O. The SMILES string of the molecule is Clc1cc(NCC2Cc3ccccc3O2)ncn1. The van der Waals surface area contributed by atoms with E-state index in [1.807, 2.05) is 18.2 Å². The quantitative estimate of drug-likeness (QED) is 0.863. The molecule has 3 rings (SSSR count). The predicted molar refractivity (Wildman–Crippen MR) is 70.1 cm³/mol. The number of benzene rings is 1. The lowest BCUT2D eigenvalue weighted by Gasteiger charge is -2.12. The van der Waals surface area contributed by atoms with Crippen LogP contribution >= 0.6 is 11.6 Å². The fraction of sp³-hybridized carbons (Fsp3) is 0.231.